The van der Waals surface area contributed by atoms with Gasteiger partial charge in [-0.1, -0.05) is 30.3 Å². The van der Waals surface area contributed by atoms with E-state index in [-0.39, 0.29) is 30.4 Å². The molecule has 2 aliphatic rings. The third-order valence-electron chi connectivity index (χ3n) is 5.30. The molecule has 5 heteroatoms. The molecule has 0 radical (unpaired) electrons. The minimum Gasteiger partial charge on any atom is -0.480 e. The second-order valence-electron chi connectivity index (χ2n) is 6.93. The van der Waals surface area contributed by atoms with E-state index < -0.39 is 5.97 Å². The smallest absolute Gasteiger partial charge is 0.317 e. The van der Waals surface area contributed by atoms with Crippen molar-refractivity contribution in [1.29, 1.82) is 0 Å². The van der Waals surface area contributed by atoms with E-state index in [1.165, 1.54) is 17.2 Å². The predicted molar refractivity (Wildman–Crippen MR) is 93.2 cm³/mol. The number of carbonyl (C=O) groups is 1. The molecule has 3 N–H and O–H groups in total. The van der Waals surface area contributed by atoms with Crippen LogP contribution >= 0.6 is 0 Å². The lowest BCUT2D eigenvalue weighted by Crippen LogP contribution is -2.37. The topological polar surface area (TPSA) is 61.4 Å². The van der Waals surface area contributed by atoms with Gasteiger partial charge < -0.3 is 15.7 Å². The van der Waals surface area contributed by atoms with Gasteiger partial charge in [0, 0.05) is 24.5 Å². The molecule has 4 nitrogen and oxygen atoms in total. The molecule has 1 fully saturated rings. The summed E-state index contributed by atoms with van der Waals surface area (Å²) in [5, 5.41) is 15.4. The summed E-state index contributed by atoms with van der Waals surface area (Å²) in [4.78, 5) is 10.7. The highest BCUT2D eigenvalue weighted by atomic mass is 19.1. The number of nitrogens with one attached hydrogen (secondary N) is 2. The van der Waals surface area contributed by atoms with E-state index in [0.29, 0.717) is 6.54 Å². The minimum atomic E-state index is -0.857. The van der Waals surface area contributed by atoms with Crippen molar-refractivity contribution in [2.75, 3.05) is 13.1 Å². The Labute approximate surface area is 146 Å². The van der Waals surface area contributed by atoms with Crippen LogP contribution in [0.4, 0.5) is 4.39 Å². The second-order valence-corrected chi connectivity index (χ2v) is 6.93. The highest BCUT2D eigenvalue weighted by Gasteiger charge is 2.39. The molecule has 2 aromatic rings. The van der Waals surface area contributed by atoms with Crippen molar-refractivity contribution in [3.63, 3.8) is 0 Å². The Morgan fingerprint density at radius 3 is 2.84 bits per heavy atom. The van der Waals surface area contributed by atoms with Gasteiger partial charge in [-0.3, -0.25) is 4.79 Å². The first-order chi connectivity index (χ1) is 12.1. The summed E-state index contributed by atoms with van der Waals surface area (Å²) in [5.41, 5.74) is 4.80. The Kier molecular flexibility index (Phi) is 4.27. The van der Waals surface area contributed by atoms with E-state index in [0.717, 1.165) is 24.0 Å². The Morgan fingerprint density at radius 2 is 2.00 bits per heavy atom. The molecule has 25 heavy (non-hydrogen) atoms. The van der Waals surface area contributed by atoms with E-state index in [1.807, 2.05) is 6.07 Å². The second kappa shape index (κ2) is 6.58. The number of benzene rings is 2. The number of fused-ring (bicyclic) bond motifs is 5. The predicted octanol–water partition coefficient (Wildman–Crippen LogP) is 2.59. The van der Waals surface area contributed by atoms with E-state index in [4.69, 9.17) is 5.11 Å². The van der Waals surface area contributed by atoms with Crippen LogP contribution in [0.1, 0.15) is 40.6 Å². The lowest BCUT2D eigenvalue weighted by atomic mass is 9.87. The Hall–Kier alpha value is -2.24. The fourth-order valence-electron chi connectivity index (χ4n) is 4.27. The lowest BCUT2D eigenvalue weighted by Gasteiger charge is -2.20. The normalized spacial score (nSPS) is 24.1. The molecule has 1 saturated heterocycles. The van der Waals surface area contributed by atoms with E-state index in [1.54, 1.807) is 6.07 Å². The molecule has 1 heterocycles. The molecule has 130 valence electrons. The Bertz CT molecular complexity index is 808. The molecule has 4 rings (SSSR count). The van der Waals surface area contributed by atoms with Crippen LogP contribution in [0, 0.1) is 5.82 Å². The molecular weight excluding hydrogens is 319 g/mol. The van der Waals surface area contributed by atoms with Gasteiger partial charge in [0.1, 0.15) is 5.82 Å². The molecule has 0 bridgehead atoms. The molecule has 3 atom stereocenters. The van der Waals surface area contributed by atoms with Gasteiger partial charge in [-0.05, 0) is 47.2 Å². The first kappa shape index (κ1) is 16.2. The van der Waals surface area contributed by atoms with Gasteiger partial charge in [-0.15, -0.1) is 0 Å². The molecule has 0 unspecified atom stereocenters. The maximum absolute atomic E-state index is 13.9. The average Bonchev–Trinajstić information content (AvgIpc) is 2.95. The largest absolute Gasteiger partial charge is 0.480 e. The zero-order valence-electron chi connectivity index (χ0n) is 13.8. The van der Waals surface area contributed by atoms with Crippen molar-refractivity contribution in [3.05, 3.63) is 70.5 Å². The molecule has 0 spiro atoms. The van der Waals surface area contributed by atoms with Crippen molar-refractivity contribution in [2.45, 2.75) is 30.8 Å². The number of carboxylic acids is 1. The summed E-state index contributed by atoms with van der Waals surface area (Å²) in [6.07, 6.45) is 1.73. The molecule has 1 aliphatic heterocycles. The molecule has 1 aliphatic carbocycles. The highest BCUT2D eigenvalue weighted by molar-refractivity contribution is 5.69. The van der Waals surface area contributed by atoms with Crippen molar-refractivity contribution in [1.82, 2.24) is 10.6 Å². The summed E-state index contributed by atoms with van der Waals surface area (Å²) >= 11 is 0. The van der Waals surface area contributed by atoms with Crippen LogP contribution in [0.3, 0.4) is 0 Å². The zero-order chi connectivity index (χ0) is 17.4. The first-order valence-corrected chi connectivity index (χ1v) is 8.66. The molecular formula is C20H21FN2O2. The van der Waals surface area contributed by atoms with Crippen molar-refractivity contribution in [3.8, 4) is 0 Å². The maximum Gasteiger partial charge on any atom is 0.317 e. The summed E-state index contributed by atoms with van der Waals surface area (Å²) in [5.74, 6) is -0.793. The Morgan fingerprint density at radius 1 is 1.20 bits per heavy atom. The SMILES string of the molecule is O=C(O)CNC[C@H]1C[C@@H]2c3ccccc3Cc3ccc(F)cc3[C@H]2N1. The third-order valence-corrected chi connectivity index (χ3v) is 5.30. The van der Waals surface area contributed by atoms with Gasteiger partial charge >= 0.3 is 5.97 Å². The van der Waals surface area contributed by atoms with Crippen LogP contribution in [0.2, 0.25) is 0 Å². The van der Waals surface area contributed by atoms with Gasteiger partial charge in [0.25, 0.3) is 0 Å². The maximum atomic E-state index is 13.9. The quantitative estimate of drug-likeness (QED) is 0.801. The zero-order valence-corrected chi connectivity index (χ0v) is 13.8. The first-order valence-electron chi connectivity index (χ1n) is 8.66. The number of halogens is 1. The summed E-state index contributed by atoms with van der Waals surface area (Å²) in [6.45, 7) is 0.543. The summed E-state index contributed by atoms with van der Waals surface area (Å²) in [7, 11) is 0. The van der Waals surface area contributed by atoms with Gasteiger partial charge in [0.05, 0.1) is 6.54 Å². The number of hydrogen-bond acceptors (Lipinski definition) is 3. The van der Waals surface area contributed by atoms with Crippen molar-refractivity contribution in [2.24, 2.45) is 0 Å². The van der Waals surface area contributed by atoms with Crippen molar-refractivity contribution < 1.29 is 14.3 Å². The fourth-order valence-corrected chi connectivity index (χ4v) is 4.27. The monoisotopic (exact) mass is 340 g/mol. The number of aliphatic carboxylic acids is 1. The van der Waals surface area contributed by atoms with Crippen LogP contribution < -0.4 is 10.6 Å². The minimum absolute atomic E-state index is 0.0463. The van der Waals surface area contributed by atoms with Crippen LogP contribution in [0.15, 0.2) is 42.5 Å². The van der Waals surface area contributed by atoms with Crippen LogP contribution in [-0.2, 0) is 11.2 Å². The van der Waals surface area contributed by atoms with Crippen LogP contribution in [0.25, 0.3) is 0 Å². The number of hydrogen-bond donors (Lipinski definition) is 3. The standard InChI is InChI=1S/C20H21FN2O2/c21-14-6-5-13-7-12-3-1-2-4-16(12)18-9-15(10-22-11-19(24)25)23-20(18)17(13)8-14/h1-6,8,15,18,20,22-23H,7,9-11H2,(H,24,25)/t15-,18-,20-/m1/s1. The van der Waals surface area contributed by atoms with E-state index in [2.05, 4.69) is 34.9 Å². The number of carboxylic acid groups (broad SMARTS) is 1. The molecule has 2 aromatic carbocycles. The van der Waals surface area contributed by atoms with Crippen LogP contribution in [0.5, 0.6) is 0 Å². The molecule has 0 saturated carbocycles. The molecule has 0 amide bonds. The van der Waals surface area contributed by atoms with Gasteiger partial charge in [0.15, 0.2) is 0 Å². The van der Waals surface area contributed by atoms with Gasteiger partial charge in [0.2, 0.25) is 0 Å². The lowest BCUT2D eigenvalue weighted by molar-refractivity contribution is -0.135. The average molecular weight is 340 g/mol. The number of rotatable bonds is 4. The van der Waals surface area contributed by atoms with Crippen molar-refractivity contribution >= 4 is 5.97 Å². The summed E-state index contributed by atoms with van der Waals surface area (Å²) < 4.78 is 13.9. The fraction of sp³-hybridized carbons (Fsp3) is 0.350. The highest BCUT2D eigenvalue weighted by Crippen LogP contribution is 2.45. The third kappa shape index (κ3) is 3.17. The van der Waals surface area contributed by atoms with Crippen LogP contribution in [-0.4, -0.2) is 30.2 Å². The van der Waals surface area contributed by atoms with Gasteiger partial charge in [-0.2, -0.15) is 0 Å². The molecule has 0 aromatic heterocycles. The summed E-state index contributed by atoms with van der Waals surface area (Å²) in [6, 6.07) is 13.7. The van der Waals surface area contributed by atoms with E-state index >= 15 is 0 Å². The van der Waals surface area contributed by atoms with Gasteiger partial charge in [-0.25, -0.2) is 4.39 Å². The van der Waals surface area contributed by atoms with E-state index in [9.17, 15) is 9.18 Å². The Balaban J connectivity index is 1.67.